The summed E-state index contributed by atoms with van der Waals surface area (Å²) in [5, 5.41) is 6.24. The van der Waals surface area contributed by atoms with E-state index in [2.05, 4.69) is 15.6 Å². The maximum absolute atomic E-state index is 11.6. The first kappa shape index (κ1) is 20.5. The summed E-state index contributed by atoms with van der Waals surface area (Å²) in [4.78, 5) is 4.14. The molecule has 2 N–H and O–H groups in total. The molecule has 1 heterocycles. The summed E-state index contributed by atoms with van der Waals surface area (Å²) in [7, 11) is -1.33. The number of aliphatic imine (C=N–C) groups is 1. The molecule has 0 spiro atoms. The van der Waals surface area contributed by atoms with Gasteiger partial charge in [-0.2, -0.15) is 0 Å². The van der Waals surface area contributed by atoms with Crippen molar-refractivity contribution in [3.8, 4) is 5.75 Å². The SMILES string of the molecule is CCS(=O)(=O)CCNC(=NC)NCc1ccc(C)cc1OC1CCOC1. The molecule has 1 aliphatic heterocycles. The van der Waals surface area contributed by atoms with Crippen LogP contribution in [0.4, 0.5) is 0 Å². The van der Waals surface area contributed by atoms with Crippen LogP contribution in [0.15, 0.2) is 23.2 Å². The quantitative estimate of drug-likeness (QED) is 0.519. The third-order valence-electron chi connectivity index (χ3n) is 4.22. The van der Waals surface area contributed by atoms with Gasteiger partial charge in [0.1, 0.15) is 11.9 Å². The molecule has 2 rings (SSSR count). The molecule has 7 nitrogen and oxygen atoms in total. The maximum Gasteiger partial charge on any atom is 0.191 e. The number of rotatable bonds is 8. The van der Waals surface area contributed by atoms with Crippen molar-refractivity contribution in [1.82, 2.24) is 10.6 Å². The van der Waals surface area contributed by atoms with Gasteiger partial charge >= 0.3 is 0 Å². The molecule has 1 fully saturated rings. The number of hydrogen-bond donors (Lipinski definition) is 2. The maximum atomic E-state index is 11.6. The van der Waals surface area contributed by atoms with Crippen LogP contribution in [-0.2, 0) is 21.1 Å². The molecule has 1 saturated heterocycles. The fraction of sp³-hybridized carbons (Fsp3) is 0.611. The molecule has 0 saturated carbocycles. The van der Waals surface area contributed by atoms with Gasteiger partial charge < -0.3 is 20.1 Å². The number of nitrogens with one attached hydrogen (secondary N) is 2. The highest BCUT2D eigenvalue weighted by Crippen LogP contribution is 2.23. The Balaban J connectivity index is 1.92. The second kappa shape index (κ2) is 9.78. The summed E-state index contributed by atoms with van der Waals surface area (Å²) in [6, 6.07) is 6.10. The number of aryl methyl sites for hydroxylation is 1. The topological polar surface area (TPSA) is 89.0 Å². The average molecular weight is 384 g/mol. The number of benzene rings is 1. The lowest BCUT2D eigenvalue weighted by Gasteiger charge is -2.18. The summed E-state index contributed by atoms with van der Waals surface area (Å²) < 4.78 is 34.6. The fourth-order valence-electron chi connectivity index (χ4n) is 2.57. The summed E-state index contributed by atoms with van der Waals surface area (Å²) in [5.74, 6) is 1.64. The number of guanidine groups is 1. The summed E-state index contributed by atoms with van der Waals surface area (Å²) >= 11 is 0. The normalized spacial score (nSPS) is 18.0. The van der Waals surface area contributed by atoms with Crippen LogP contribution >= 0.6 is 0 Å². The summed E-state index contributed by atoms with van der Waals surface area (Å²) in [5.41, 5.74) is 2.15. The van der Waals surface area contributed by atoms with Crippen molar-refractivity contribution in [3.05, 3.63) is 29.3 Å². The van der Waals surface area contributed by atoms with Crippen molar-refractivity contribution in [2.45, 2.75) is 32.9 Å². The molecule has 146 valence electrons. The lowest BCUT2D eigenvalue weighted by Crippen LogP contribution is -2.39. The van der Waals surface area contributed by atoms with Gasteiger partial charge in [-0.15, -0.1) is 0 Å². The molecule has 26 heavy (non-hydrogen) atoms. The molecule has 0 aromatic heterocycles. The van der Waals surface area contributed by atoms with E-state index in [4.69, 9.17) is 9.47 Å². The standard InChI is InChI=1S/C18H29N3O4S/c1-4-26(22,23)10-8-20-18(19-3)21-12-15-6-5-14(2)11-17(15)25-16-7-9-24-13-16/h5-6,11,16H,4,7-10,12-13H2,1-3H3,(H2,19,20,21). The molecular weight excluding hydrogens is 354 g/mol. The van der Waals surface area contributed by atoms with Gasteiger partial charge in [-0.25, -0.2) is 8.42 Å². The Labute approximate surface area is 156 Å². The van der Waals surface area contributed by atoms with Crippen molar-refractivity contribution < 1.29 is 17.9 Å². The van der Waals surface area contributed by atoms with E-state index in [0.717, 1.165) is 29.9 Å². The molecule has 1 aromatic rings. The highest BCUT2D eigenvalue weighted by atomic mass is 32.2. The van der Waals surface area contributed by atoms with Crippen molar-refractivity contribution in [3.63, 3.8) is 0 Å². The Morgan fingerprint density at radius 2 is 2.19 bits per heavy atom. The number of sulfone groups is 1. The third-order valence-corrected chi connectivity index (χ3v) is 5.93. The van der Waals surface area contributed by atoms with Crippen LogP contribution in [0.25, 0.3) is 0 Å². The van der Waals surface area contributed by atoms with Crippen LogP contribution in [-0.4, -0.2) is 58.8 Å². The first-order chi connectivity index (χ1) is 12.4. The molecular formula is C18H29N3O4S. The second-order valence-electron chi connectivity index (χ2n) is 6.30. The van der Waals surface area contributed by atoms with Gasteiger partial charge in [-0.1, -0.05) is 19.1 Å². The van der Waals surface area contributed by atoms with Crippen LogP contribution in [0.5, 0.6) is 5.75 Å². The molecule has 0 aliphatic carbocycles. The van der Waals surface area contributed by atoms with Gasteiger partial charge in [0.05, 0.1) is 19.0 Å². The van der Waals surface area contributed by atoms with Gasteiger partial charge in [0.15, 0.2) is 15.8 Å². The lowest BCUT2D eigenvalue weighted by molar-refractivity contribution is 0.140. The summed E-state index contributed by atoms with van der Waals surface area (Å²) in [6.45, 7) is 5.90. The largest absolute Gasteiger partial charge is 0.488 e. The van der Waals surface area contributed by atoms with Crippen LogP contribution in [0.3, 0.4) is 0 Å². The van der Waals surface area contributed by atoms with E-state index in [0.29, 0.717) is 25.7 Å². The molecule has 0 bridgehead atoms. The minimum Gasteiger partial charge on any atom is -0.488 e. The van der Waals surface area contributed by atoms with Crippen LogP contribution in [0.1, 0.15) is 24.5 Å². The fourth-order valence-corrected chi connectivity index (χ4v) is 3.27. The van der Waals surface area contributed by atoms with Crippen molar-refractivity contribution in [2.75, 3.05) is 38.3 Å². The molecule has 1 aromatic carbocycles. The van der Waals surface area contributed by atoms with Gasteiger partial charge in [-0.05, 0) is 18.6 Å². The molecule has 0 radical (unpaired) electrons. The van der Waals surface area contributed by atoms with Crippen LogP contribution < -0.4 is 15.4 Å². The predicted molar refractivity (Wildman–Crippen MR) is 104 cm³/mol. The average Bonchev–Trinajstić information content (AvgIpc) is 3.12. The Bertz CT molecular complexity index is 713. The Hall–Kier alpha value is -1.80. The minimum absolute atomic E-state index is 0.0881. The smallest absolute Gasteiger partial charge is 0.191 e. The van der Waals surface area contributed by atoms with E-state index in [9.17, 15) is 8.42 Å². The van der Waals surface area contributed by atoms with Crippen molar-refractivity contribution in [2.24, 2.45) is 4.99 Å². The number of ether oxygens (including phenoxy) is 2. The lowest BCUT2D eigenvalue weighted by atomic mass is 10.1. The second-order valence-corrected chi connectivity index (χ2v) is 8.78. The molecule has 0 amide bonds. The zero-order valence-electron chi connectivity index (χ0n) is 15.7. The monoisotopic (exact) mass is 383 g/mol. The highest BCUT2D eigenvalue weighted by molar-refractivity contribution is 7.91. The van der Waals surface area contributed by atoms with Crippen molar-refractivity contribution >= 4 is 15.8 Å². The molecule has 1 unspecified atom stereocenters. The van der Waals surface area contributed by atoms with Crippen LogP contribution in [0.2, 0.25) is 0 Å². The van der Waals surface area contributed by atoms with E-state index < -0.39 is 9.84 Å². The van der Waals surface area contributed by atoms with E-state index >= 15 is 0 Å². The zero-order chi connectivity index (χ0) is 19.0. The first-order valence-electron chi connectivity index (χ1n) is 8.92. The zero-order valence-corrected chi connectivity index (χ0v) is 16.6. The highest BCUT2D eigenvalue weighted by Gasteiger charge is 2.18. The van der Waals surface area contributed by atoms with Gasteiger partial charge in [0.25, 0.3) is 0 Å². The van der Waals surface area contributed by atoms with Crippen molar-refractivity contribution in [1.29, 1.82) is 0 Å². The number of nitrogens with zero attached hydrogens (tertiary/aromatic N) is 1. The Kier molecular flexibility index (Phi) is 7.71. The van der Waals surface area contributed by atoms with Gasteiger partial charge in [-0.3, -0.25) is 4.99 Å². The number of hydrogen-bond acceptors (Lipinski definition) is 5. The van der Waals surface area contributed by atoms with Gasteiger partial charge in [0, 0.05) is 37.9 Å². The molecule has 1 aliphatic rings. The van der Waals surface area contributed by atoms with Crippen LogP contribution in [0, 0.1) is 6.92 Å². The third kappa shape index (κ3) is 6.49. The minimum atomic E-state index is -2.99. The Morgan fingerprint density at radius 1 is 1.38 bits per heavy atom. The van der Waals surface area contributed by atoms with E-state index in [1.54, 1.807) is 14.0 Å². The molecule has 1 atom stereocenters. The van der Waals surface area contributed by atoms with E-state index in [1.165, 1.54) is 0 Å². The Morgan fingerprint density at radius 3 is 2.85 bits per heavy atom. The first-order valence-corrected chi connectivity index (χ1v) is 10.7. The molecule has 8 heteroatoms. The predicted octanol–water partition coefficient (Wildman–Crippen LogP) is 1.26. The van der Waals surface area contributed by atoms with E-state index in [-0.39, 0.29) is 17.6 Å². The van der Waals surface area contributed by atoms with Gasteiger partial charge in [0.2, 0.25) is 0 Å². The summed E-state index contributed by atoms with van der Waals surface area (Å²) in [6.07, 6.45) is 0.989. The van der Waals surface area contributed by atoms with E-state index in [1.807, 2.05) is 25.1 Å².